The summed E-state index contributed by atoms with van der Waals surface area (Å²) in [6.45, 7) is 2.60. The molecule has 0 aromatic rings. The van der Waals surface area contributed by atoms with Crippen LogP contribution in [0.4, 0.5) is 13.2 Å². The van der Waals surface area contributed by atoms with E-state index in [1.54, 1.807) is 6.92 Å². The minimum absolute atomic E-state index is 0.0934. The summed E-state index contributed by atoms with van der Waals surface area (Å²) in [4.78, 5) is 12.2. The van der Waals surface area contributed by atoms with Crippen LogP contribution in [0.15, 0.2) is 0 Å². The number of Topliss-reactive ketones (excluding diaryl/α,β-unsaturated/α-hetero) is 1. The predicted octanol–water partition coefficient (Wildman–Crippen LogP) is 2.24. The quantitative estimate of drug-likeness (QED) is 0.671. The van der Waals surface area contributed by atoms with Gasteiger partial charge in [-0.25, -0.2) is 0 Å². The predicted molar refractivity (Wildman–Crippen MR) is 48.1 cm³/mol. The first-order valence-corrected chi connectivity index (χ1v) is 4.69. The van der Waals surface area contributed by atoms with E-state index >= 15 is 0 Å². The van der Waals surface area contributed by atoms with Gasteiger partial charge in [0, 0.05) is 6.42 Å². The second-order valence-corrected chi connectivity index (χ2v) is 3.21. The topological polar surface area (TPSA) is 20.3 Å². The van der Waals surface area contributed by atoms with E-state index in [0.29, 0.717) is 12.8 Å². The van der Waals surface area contributed by atoms with Gasteiger partial charge in [0.1, 0.15) is 5.78 Å². The molecule has 0 aromatic heterocycles. The number of likely N-dealkylation sites (N-methyl/N-ethyl adjacent to an activating group) is 1. The van der Waals surface area contributed by atoms with Gasteiger partial charge in [-0.1, -0.05) is 13.8 Å². The second kappa shape index (κ2) is 6.01. The van der Waals surface area contributed by atoms with Crippen LogP contribution >= 0.6 is 0 Å². The number of hydrogen-bond acceptors (Lipinski definition) is 2. The standard InChI is InChI=1S/C9H16F3NO/c1-3-5-8(14)6-13(4-2)7-9(10,11)12/h3-7H2,1-2H3. The number of nitrogens with zero attached hydrogens (tertiary/aromatic N) is 1. The third-order valence-electron chi connectivity index (χ3n) is 1.78. The molecule has 0 amide bonds. The van der Waals surface area contributed by atoms with Crippen molar-refractivity contribution < 1.29 is 18.0 Å². The number of rotatable bonds is 6. The first kappa shape index (κ1) is 13.4. The summed E-state index contributed by atoms with van der Waals surface area (Å²) in [5.41, 5.74) is 0. The molecular weight excluding hydrogens is 195 g/mol. The number of hydrogen-bond donors (Lipinski definition) is 0. The number of carbonyl (C=O) groups excluding carboxylic acids is 1. The molecule has 0 aromatic carbocycles. The van der Waals surface area contributed by atoms with Gasteiger partial charge in [-0.3, -0.25) is 9.69 Å². The Kier molecular flexibility index (Phi) is 5.76. The molecule has 14 heavy (non-hydrogen) atoms. The maximum atomic E-state index is 12.0. The molecule has 0 spiro atoms. The lowest BCUT2D eigenvalue weighted by molar-refractivity contribution is -0.148. The highest BCUT2D eigenvalue weighted by molar-refractivity contribution is 5.80. The fourth-order valence-electron chi connectivity index (χ4n) is 1.14. The Balaban J connectivity index is 3.97. The van der Waals surface area contributed by atoms with Crippen LogP contribution in [-0.2, 0) is 4.79 Å². The Morgan fingerprint density at radius 1 is 1.29 bits per heavy atom. The van der Waals surface area contributed by atoms with Crippen molar-refractivity contribution in [1.82, 2.24) is 4.90 Å². The van der Waals surface area contributed by atoms with Crippen molar-refractivity contribution >= 4 is 5.78 Å². The lowest BCUT2D eigenvalue weighted by atomic mass is 10.2. The van der Waals surface area contributed by atoms with Gasteiger partial charge in [-0.05, 0) is 13.0 Å². The van der Waals surface area contributed by atoms with Crippen LogP contribution in [0.25, 0.3) is 0 Å². The van der Waals surface area contributed by atoms with E-state index in [0.717, 1.165) is 4.90 Å². The molecule has 0 unspecified atom stereocenters. The molecule has 0 rings (SSSR count). The largest absolute Gasteiger partial charge is 0.401 e. The van der Waals surface area contributed by atoms with E-state index in [4.69, 9.17) is 0 Å². The molecule has 0 aliphatic carbocycles. The molecule has 0 N–H and O–H groups in total. The second-order valence-electron chi connectivity index (χ2n) is 3.21. The summed E-state index contributed by atoms with van der Waals surface area (Å²) in [6.07, 6.45) is -3.18. The van der Waals surface area contributed by atoms with E-state index in [1.165, 1.54) is 0 Å². The van der Waals surface area contributed by atoms with Crippen LogP contribution in [0.1, 0.15) is 26.7 Å². The normalized spacial score (nSPS) is 12.1. The Morgan fingerprint density at radius 2 is 1.86 bits per heavy atom. The fourth-order valence-corrected chi connectivity index (χ4v) is 1.14. The van der Waals surface area contributed by atoms with Crippen molar-refractivity contribution in [3.8, 4) is 0 Å². The summed E-state index contributed by atoms with van der Waals surface area (Å²) in [5.74, 6) is -0.126. The SMILES string of the molecule is CCCC(=O)CN(CC)CC(F)(F)F. The highest BCUT2D eigenvalue weighted by Crippen LogP contribution is 2.16. The minimum Gasteiger partial charge on any atom is -0.298 e. The highest BCUT2D eigenvalue weighted by Gasteiger charge is 2.30. The third kappa shape index (κ3) is 6.88. The van der Waals surface area contributed by atoms with Crippen LogP contribution in [0.5, 0.6) is 0 Å². The summed E-state index contributed by atoms with van der Waals surface area (Å²) in [5, 5.41) is 0. The Morgan fingerprint density at radius 3 is 2.21 bits per heavy atom. The molecule has 0 aliphatic rings. The molecule has 0 heterocycles. The molecule has 0 radical (unpaired) electrons. The van der Waals surface area contributed by atoms with E-state index in [-0.39, 0.29) is 18.9 Å². The smallest absolute Gasteiger partial charge is 0.298 e. The lowest BCUT2D eigenvalue weighted by Crippen LogP contribution is -2.37. The number of carbonyl (C=O) groups is 1. The van der Waals surface area contributed by atoms with Crippen molar-refractivity contribution in [2.75, 3.05) is 19.6 Å². The molecule has 0 bridgehead atoms. The van der Waals surface area contributed by atoms with Crippen LogP contribution in [0.3, 0.4) is 0 Å². The van der Waals surface area contributed by atoms with Gasteiger partial charge in [-0.15, -0.1) is 0 Å². The minimum atomic E-state index is -4.22. The van der Waals surface area contributed by atoms with Gasteiger partial charge in [0.2, 0.25) is 0 Å². The zero-order chi connectivity index (χ0) is 11.2. The van der Waals surface area contributed by atoms with E-state index in [1.807, 2.05) is 6.92 Å². The van der Waals surface area contributed by atoms with Gasteiger partial charge in [-0.2, -0.15) is 13.2 Å². The highest BCUT2D eigenvalue weighted by atomic mass is 19.4. The van der Waals surface area contributed by atoms with Gasteiger partial charge in [0.25, 0.3) is 0 Å². The van der Waals surface area contributed by atoms with Gasteiger partial charge < -0.3 is 0 Å². The first-order chi connectivity index (χ1) is 6.39. The Hall–Kier alpha value is -0.580. The Bertz CT molecular complexity index is 179. The van der Waals surface area contributed by atoms with Crippen LogP contribution < -0.4 is 0 Å². The number of halogens is 3. The van der Waals surface area contributed by atoms with Crippen molar-refractivity contribution in [2.45, 2.75) is 32.9 Å². The van der Waals surface area contributed by atoms with Crippen LogP contribution in [0, 0.1) is 0 Å². The monoisotopic (exact) mass is 211 g/mol. The van der Waals surface area contributed by atoms with Gasteiger partial charge in [0.15, 0.2) is 0 Å². The maximum absolute atomic E-state index is 12.0. The first-order valence-electron chi connectivity index (χ1n) is 4.69. The lowest BCUT2D eigenvalue weighted by Gasteiger charge is -2.20. The van der Waals surface area contributed by atoms with Crippen molar-refractivity contribution in [3.05, 3.63) is 0 Å². The molecular formula is C9H16F3NO. The average Bonchev–Trinajstić information content (AvgIpc) is 2.01. The molecule has 5 heteroatoms. The molecule has 2 nitrogen and oxygen atoms in total. The zero-order valence-electron chi connectivity index (χ0n) is 8.52. The fraction of sp³-hybridized carbons (Fsp3) is 0.889. The van der Waals surface area contributed by atoms with Crippen LogP contribution in [-0.4, -0.2) is 36.5 Å². The van der Waals surface area contributed by atoms with Gasteiger partial charge >= 0.3 is 6.18 Å². The Labute approximate surface area is 82.1 Å². The number of alkyl halides is 3. The maximum Gasteiger partial charge on any atom is 0.401 e. The molecule has 84 valence electrons. The summed E-state index contributed by atoms with van der Waals surface area (Å²) in [7, 11) is 0. The van der Waals surface area contributed by atoms with E-state index in [2.05, 4.69) is 0 Å². The summed E-state index contributed by atoms with van der Waals surface area (Å²) in [6, 6.07) is 0. The molecule has 0 atom stereocenters. The van der Waals surface area contributed by atoms with E-state index < -0.39 is 12.7 Å². The van der Waals surface area contributed by atoms with E-state index in [9.17, 15) is 18.0 Å². The molecule has 0 fully saturated rings. The van der Waals surface area contributed by atoms with Crippen LogP contribution in [0.2, 0.25) is 0 Å². The molecule has 0 aliphatic heterocycles. The van der Waals surface area contributed by atoms with Crippen molar-refractivity contribution in [1.29, 1.82) is 0 Å². The molecule has 0 saturated heterocycles. The summed E-state index contributed by atoms with van der Waals surface area (Å²) < 4.78 is 35.9. The van der Waals surface area contributed by atoms with Crippen molar-refractivity contribution in [3.63, 3.8) is 0 Å². The zero-order valence-corrected chi connectivity index (χ0v) is 8.52. The van der Waals surface area contributed by atoms with Crippen molar-refractivity contribution in [2.24, 2.45) is 0 Å². The average molecular weight is 211 g/mol. The molecule has 0 saturated carbocycles. The number of ketones is 1. The van der Waals surface area contributed by atoms with Gasteiger partial charge in [0.05, 0.1) is 13.1 Å². The summed E-state index contributed by atoms with van der Waals surface area (Å²) >= 11 is 0. The third-order valence-corrected chi connectivity index (χ3v) is 1.78.